The molecule has 74 valence electrons. The fourth-order valence-corrected chi connectivity index (χ4v) is 1.35. The van der Waals surface area contributed by atoms with Gasteiger partial charge in [0.1, 0.15) is 0 Å². The van der Waals surface area contributed by atoms with Gasteiger partial charge in [-0.3, -0.25) is 0 Å². The van der Waals surface area contributed by atoms with Gasteiger partial charge in [-0.2, -0.15) is 5.10 Å². The zero-order chi connectivity index (χ0) is 10.1. The van der Waals surface area contributed by atoms with Crippen LogP contribution >= 0.6 is 0 Å². The number of nitrogens with two attached hydrogens (primary N) is 1. The molecule has 0 spiro atoms. The summed E-state index contributed by atoms with van der Waals surface area (Å²) in [6.07, 6.45) is 4.50. The maximum Gasteiger partial charge on any atom is 0.160 e. The first-order valence-corrected chi connectivity index (χ1v) is 4.40. The highest BCUT2D eigenvalue weighted by Gasteiger charge is 2.12. The standard InChI is InChI=1S/C9H12N4O/c1-6-3-11-9-7(8(14)2-10)4-12-13(9)5-6/h3-5,8,14H,2,10H2,1H3. The molecule has 2 heterocycles. The van der Waals surface area contributed by atoms with Crippen molar-refractivity contribution in [2.45, 2.75) is 13.0 Å². The van der Waals surface area contributed by atoms with Crippen LogP contribution in [-0.4, -0.2) is 26.2 Å². The molecule has 5 heteroatoms. The van der Waals surface area contributed by atoms with Gasteiger partial charge in [-0.05, 0) is 12.5 Å². The highest BCUT2D eigenvalue weighted by atomic mass is 16.3. The number of hydrogen-bond acceptors (Lipinski definition) is 4. The molecule has 2 aromatic rings. The third-order valence-corrected chi connectivity index (χ3v) is 2.10. The lowest BCUT2D eigenvalue weighted by Crippen LogP contribution is -2.11. The number of aromatic nitrogens is 3. The molecule has 0 aliphatic rings. The first-order chi connectivity index (χ1) is 6.72. The smallest absolute Gasteiger partial charge is 0.160 e. The average molecular weight is 192 g/mol. The van der Waals surface area contributed by atoms with Crippen LogP contribution in [0, 0.1) is 6.92 Å². The van der Waals surface area contributed by atoms with Gasteiger partial charge in [0.2, 0.25) is 0 Å². The van der Waals surface area contributed by atoms with Crippen LogP contribution in [0.4, 0.5) is 0 Å². The fourth-order valence-electron chi connectivity index (χ4n) is 1.35. The van der Waals surface area contributed by atoms with Crippen LogP contribution in [-0.2, 0) is 0 Å². The van der Waals surface area contributed by atoms with E-state index >= 15 is 0 Å². The van der Waals surface area contributed by atoms with Crippen LogP contribution in [0.1, 0.15) is 17.2 Å². The molecule has 0 saturated heterocycles. The van der Waals surface area contributed by atoms with Gasteiger partial charge >= 0.3 is 0 Å². The van der Waals surface area contributed by atoms with Crippen molar-refractivity contribution in [2.24, 2.45) is 5.73 Å². The van der Waals surface area contributed by atoms with Crippen LogP contribution in [0.5, 0.6) is 0 Å². The van der Waals surface area contributed by atoms with Crippen LogP contribution in [0.3, 0.4) is 0 Å². The molecule has 0 aromatic carbocycles. The van der Waals surface area contributed by atoms with E-state index in [2.05, 4.69) is 10.1 Å². The highest BCUT2D eigenvalue weighted by Crippen LogP contribution is 2.16. The van der Waals surface area contributed by atoms with Crippen LogP contribution in [0.15, 0.2) is 18.6 Å². The Morgan fingerprint density at radius 1 is 1.57 bits per heavy atom. The Morgan fingerprint density at radius 2 is 2.36 bits per heavy atom. The van der Waals surface area contributed by atoms with E-state index in [-0.39, 0.29) is 6.54 Å². The third kappa shape index (κ3) is 1.36. The van der Waals surface area contributed by atoms with Crippen LogP contribution < -0.4 is 5.73 Å². The maximum absolute atomic E-state index is 9.57. The van der Waals surface area contributed by atoms with E-state index in [1.165, 1.54) is 0 Å². The van der Waals surface area contributed by atoms with Gasteiger partial charge in [0.15, 0.2) is 5.65 Å². The molecule has 1 atom stereocenters. The van der Waals surface area contributed by atoms with Crippen molar-refractivity contribution in [2.75, 3.05) is 6.54 Å². The molecular weight excluding hydrogens is 180 g/mol. The van der Waals surface area contributed by atoms with E-state index in [0.29, 0.717) is 11.2 Å². The third-order valence-electron chi connectivity index (χ3n) is 2.10. The van der Waals surface area contributed by atoms with Crippen LogP contribution in [0.2, 0.25) is 0 Å². The predicted molar refractivity (Wildman–Crippen MR) is 51.7 cm³/mol. The van der Waals surface area contributed by atoms with E-state index in [1.54, 1.807) is 16.9 Å². The number of hydrogen-bond donors (Lipinski definition) is 2. The van der Waals surface area contributed by atoms with Gasteiger partial charge < -0.3 is 10.8 Å². The zero-order valence-electron chi connectivity index (χ0n) is 7.88. The Hall–Kier alpha value is -1.46. The summed E-state index contributed by atoms with van der Waals surface area (Å²) in [6.45, 7) is 2.12. The molecule has 0 aliphatic heterocycles. The average Bonchev–Trinajstić information content (AvgIpc) is 2.59. The molecule has 0 amide bonds. The van der Waals surface area contributed by atoms with Crippen molar-refractivity contribution in [3.63, 3.8) is 0 Å². The lowest BCUT2D eigenvalue weighted by atomic mass is 10.2. The van der Waals surface area contributed by atoms with E-state index < -0.39 is 6.10 Å². The summed E-state index contributed by atoms with van der Waals surface area (Å²) in [5, 5.41) is 13.7. The van der Waals surface area contributed by atoms with Gasteiger partial charge in [0, 0.05) is 24.5 Å². The largest absolute Gasteiger partial charge is 0.387 e. The number of aliphatic hydroxyl groups excluding tert-OH is 1. The van der Waals surface area contributed by atoms with E-state index in [0.717, 1.165) is 5.56 Å². The van der Waals surface area contributed by atoms with Gasteiger partial charge in [-0.1, -0.05) is 0 Å². The van der Waals surface area contributed by atoms with Crippen molar-refractivity contribution in [3.05, 3.63) is 29.7 Å². The van der Waals surface area contributed by atoms with Crippen molar-refractivity contribution >= 4 is 5.65 Å². The molecule has 1 unspecified atom stereocenters. The molecule has 5 nitrogen and oxygen atoms in total. The second-order valence-corrected chi connectivity index (χ2v) is 3.25. The van der Waals surface area contributed by atoms with E-state index in [9.17, 15) is 5.11 Å². The van der Waals surface area contributed by atoms with Crippen molar-refractivity contribution < 1.29 is 5.11 Å². The summed E-state index contributed by atoms with van der Waals surface area (Å²) in [5.41, 5.74) is 7.73. The normalized spacial score (nSPS) is 13.4. The monoisotopic (exact) mass is 192 g/mol. The number of nitrogens with zero attached hydrogens (tertiary/aromatic N) is 3. The highest BCUT2D eigenvalue weighted by molar-refractivity contribution is 5.47. The topological polar surface area (TPSA) is 76.4 Å². The number of fused-ring (bicyclic) bond motifs is 1. The number of rotatable bonds is 2. The fraction of sp³-hybridized carbons (Fsp3) is 0.333. The maximum atomic E-state index is 9.57. The molecular formula is C9H12N4O. The first-order valence-electron chi connectivity index (χ1n) is 4.40. The second-order valence-electron chi connectivity index (χ2n) is 3.25. The Bertz CT molecular complexity index is 451. The quantitative estimate of drug-likeness (QED) is 0.703. The summed E-state index contributed by atoms with van der Waals surface area (Å²) in [6, 6.07) is 0. The molecule has 14 heavy (non-hydrogen) atoms. The summed E-state index contributed by atoms with van der Waals surface area (Å²) in [5.74, 6) is 0. The Labute approximate surface area is 81.2 Å². The minimum absolute atomic E-state index is 0.177. The van der Waals surface area contributed by atoms with E-state index in [1.807, 2.05) is 13.1 Å². The molecule has 2 rings (SSSR count). The van der Waals surface area contributed by atoms with Gasteiger partial charge in [0.25, 0.3) is 0 Å². The lowest BCUT2D eigenvalue weighted by Gasteiger charge is -2.04. The summed E-state index contributed by atoms with van der Waals surface area (Å²) < 4.78 is 1.64. The van der Waals surface area contributed by atoms with Gasteiger partial charge in [0.05, 0.1) is 12.3 Å². The van der Waals surface area contributed by atoms with Crippen molar-refractivity contribution in [3.8, 4) is 0 Å². The first kappa shape index (κ1) is 9.11. The van der Waals surface area contributed by atoms with E-state index in [4.69, 9.17) is 5.73 Å². The van der Waals surface area contributed by atoms with Crippen molar-refractivity contribution in [1.82, 2.24) is 14.6 Å². The number of aryl methyl sites for hydroxylation is 1. The Morgan fingerprint density at radius 3 is 3.07 bits per heavy atom. The SMILES string of the molecule is Cc1cnc2c(C(O)CN)cnn2c1. The molecule has 2 aromatic heterocycles. The molecule has 0 bridgehead atoms. The summed E-state index contributed by atoms with van der Waals surface area (Å²) >= 11 is 0. The molecule has 0 radical (unpaired) electrons. The second kappa shape index (κ2) is 3.36. The van der Waals surface area contributed by atoms with Gasteiger partial charge in [-0.15, -0.1) is 0 Å². The molecule has 3 N–H and O–H groups in total. The minimum atomic E-state index is -0.692. The summed E-state index contributed by atoms with van der Waals surface area (Å²) in [7, 11) is 0. The molecule has 0 fully saturated rings. The Balaban J connectivity index is 2.58. The molecule has 0 aliphatic carbocycles. The summed E-state index contributed by atoms with van der Waals surface area (Å²) in [4.78, 5) is 4.19. The lowest BCUT2D eigenvalue weighted by molar-refractivity contribution is 0.188. The van der Waals surface area contributed by atoms with Crippen molar-refractivity contribution in [1.29, 1.82) is 0 Å². The minimum Gasteiger partial charge on any atom is -0.387 e. The van der Waals surface area contributed by atoms with Gasteiger partial charge in [-0.25, -0.2) is 9.50 Å². The number of aliphatic hydroxyl groups is 1. The Kier molecular flexibility index (Phi) is 2.18. The molecule has 0 saturated carbocycles. The predicted octanol–water partition coefficient (Wildman–Crippen LogP) is 0.0298. The van der Waals surface area contributed by atoms with Crippen LogP contribution in [0.25, 0.3) is 5.65 Å². The zero-order valence-corrected chi connectivity index (χ0v) is 7.88.